The average Bonchev–Trinajstić information content (AvgIpc) is 2.37. The summed E-state index contributed by atoms with van der Waals surface area (Å²) in [7, 11) is 0. The van der Waals surface area contributed by atoms with E-state index < -0.39 is 0 Å². The minimum absolute atomic E-state index is 0.0553. The van der Waals surface area contributed by atoms with Gasteiger partial charge in [0.2, 0.25) is 11.8 Å². The number of amidine groups is 1. The van der Waals surface area contributed by atoms with Crippen molar-refractivity contribution >= 4 is 17.6 Å². The molecule has 7 heteroatoms. The number of piperidine rings is 2. The number of nitrogens with zero attached hydrogens (tertiary/aromatic N) is 2. The third-order valence-corrected chi connectivity index (χ3v) is 3.64. The molecule has 2 aliphatic rings. The number of hydrogen-bond donors (Lipinski definition) is 3. The van der Waals surface area contributed by atoms with Crippen molar-refractivity contribution in [3.63, 3.8) is 0 Å². The fraction of sp³-hybridized carbons (Fsp3) is 0.727. The van der Waals surface area contributed by atoms with Crippen LogP contribution in [-0.2, 0) is 9.59 Å². The first-order valence-corrected chi connectivity index (χ1v) is 6.13. The average molecular weight is 254 g/mol. The standard InChI is InChI=1S/C11H18N4O3/c12-9(14-18)5-11(17)15-4-3-8-7(6-15)1-2-10(16)13-8/h7-8,18H,1-6H2,(H2,12,14)(H,13,16). The Morgan fingerprint density at radius 1 is 1.56 bits per heavy atom. The van der Waals surface area contributed by atoms with E-state index in [1.807, 2.05) is 0 Å². The van der Waals surface area contributed by atoms with Gasteiger partial charge in [-0.1, -0.05) is 5.16 Å². The fourth-order valence-corrected chi connectivity index (χ4v) is 2.64. The predicted molar refractivity (Wildman–Crippen MR) is 63.9 cm³/mol. The van der Waals surface area contributed by atoms with Gasteiger partial charge in [0.05, 0.1) is 6.42 Å². The molecule has 0 bridgehead atoms. The maximum Gasteiger partial charge on any atom is 0.230 e. The number of nitrogens with two attached hydrogens (primary N) is 1. The Morgan fingerprint density at radius 3 is 3.06 bits per heavy atom. The van der Waals surface area contributed by atoms with Crippen LogP contribution < -0.4 is 11.1 Å². The smallest absolute Gasteiger partial charge is 0.230 e. The Hall–Kier alpha value is -1.79. The first-order valence-electron chi connectivity index (χ1n) is 6.13. The quantitative estimate of drug-likeness (QED) is 0.261. The highest BCUT2D eigenvalue weighted by Crippen LogP contribution is 2.25. The summed E-state index contributed by atoms with van der Waals surface area (Å²) in [5, 5.41) is 14.2. The van der Waals surface area contributed by atoms with E-state index in [1.165, 1.54) is 0 Å². The molecular formula is C11H18N4O3. The minimum Gasteiger partial charge on any atom is -0.409 e. The highest BCUT2D eigenvalue weighted by atomic mass is 16.4. The van der Waals surface area contributed by atoms with Crippen molar-refractivity contribution in [2.75, 3.05) is 13.1 Å². The Balaban J connectivity index is 1.91. The monoisotopic (exact) mass is 254 g/mol. The van der Waals surface area contributed by atoms with Crippen molar-refractivity contribution in [3.05, 3.63) is 0 Å². The van der Waals surface area contributed by atoms with Crippen LogP contribution >= 0.6 is 0 Å². The molecule has 2 rings (SSSR count). The van der Waals surface area contributed by atoms with Crippen LogP contribution in [0.2, 0.25) is 0 Å². The van der Waals surface area contributed by atoms with Gasteiger partial charge in [-0.15, -0.1) is 0 Å². The molecule has 0 saturated carbocycles. The molecule has 2 fully saturated rings. The number of rotatable bonds is 2. The topological polar surface area (TPSA) is 108 Å². The van der Waals surface area contributed by atoms with Gasteiger partial charge in [0.15, 0.2) is 0 Å². The van der Waals surface area contributed by atoms with Crippen LogP contribution in [0.1, 0.15) is 25.7 Å². The molecular weight excluding hydrogens is 236 g/mol. The molecule has 2 saturated heterocycles. The summed E-state index contributed by atoms with van der Waals surface area (Å²) >= 11 is 0. The summed E-state index contributed by atoms with van der Waals surface area (Å²) in [5.41, 5.74) is 5.33. The first kappa shape index (κ1) is 12.7. The zero-order valence-corrected chi connectivity index (χ0v) is 10.1. The molecule has 18 heavy (non-hydrogen) atoms. The van der Waals surface area contributed by atoms with Gasteiger partial charge < -0.3 is 21.2 Å². The van der Waals surface area contributed by atoms with E-state index in [4.69, 9.17) is 10.9 Å². The summed E-state index contributed by atoms with van der Waals surface area (Å²) in [6, 6.07) is 0.194. The number of oxime groups is 1. The number of fused-ring (bicyclic) bond motifs is 1. The van der Waals surface area contributed by atoms with Gasteiger partial charge in [-0.3, -0.25) is 9.59 Å². The van der Waals surface area contributed by atoms with Crippen molar-refractivity contribution in [1.29, 1.82) is 0 Å². The largest absolute Gasteiger partial charge is 0.409 e. The Bertz CT molecular complexity index is 382. The Kier molecular flexibility index (Phi) is 3.69. The second-order valence-corrected chi connectivity index (χ2v) is 4.87. The molecule has 7 nitrogen and oxygen atoms in total. The molecule has 2 heterocycles. The Morgan fingerprint density at radius 2 is 2.33 bits per heavy atom. The van der Waals surface area contributed by atoms with Gasteiger partial charge >= 0.3 is 0 Å². The second kappa shape index (κ2) is 5.24. The lowest BCUT2D eigenvalue weighted by atomic mass is 9.85. The molecule has 4 N–H and O–H groups in total. The summed E-state index contributed by atoms with van der Waals surface area (Å²) in [5.74, 6) is 0.236. The van der Waals surface area contributed by atoms with Gasteiger partial charge in [0.25, 0.3) is 0 Å². The van der Waals surface area contributed by atoms with Crippen molar-refractivity contribution in [1.82, 2.24) is 10.2 Å². The molecule has 2 aliphatic heterocycles. The molecule has 2 atom stereocenters. The van der Waals surface area contributed by atoms with Crippen molar-refractivity contribution in [2.24, 2.45) is 16.8 Å². The summed E-state index contributed by atoms with van der Waals surface area (Å²) in [6.45, 7) is 1.25. The lowest BCUT2D eigenvalue weighted by molar-refractivity contribution is -0.133. The molecule has 2 amide bonds. The van der Waals surface area contributed by atoms with Gasteiger partial charge in [-0.05, 0) is 18.8 Å². The van der Waals surface area contributed by atoms with Crippen molar-refractivity contribution in [2.45, 2.75) is 31.7 Å². The van der Waals surface area contributed by atoms with E-state index in [2.05, 4.69) is 10.5 Å². The van der Waals surface area contributed by atoms with Crippen LogP contribution in [0, 0.1) is 5.92 Å². The van der Waals surface area contributed by atoms with Crippen LogP contribution in [0.5, 0.6) is 0 Å². The molecule has 2 unspecified atom stereocenters. The third-order valence-electron chi connectivity index (χ3n) is 3.64. The van der Waals surface area contributed by atoms with Crippen LogP contribution in [0.3, 0.4) is 0 Å². The highest BCUT2D eigenvalue weighted by Gasteiger charge is 2.35. The van der Waals surface area contributed by atoms with E-state index >= 15 is 0 Å². The van der Waals surface area contributed by atoms with Crippen molar-refractivity contribution < 1.29 is 14.8 Å². The van der Waals surface area contributed by atoms with E-state index in [0.717, 1.165) is 12.8 Å². The summed E-state index contributed by atoms with van der Waals surface area (Å²) < 4.78 is 0. The minimum atomic E-state index is -0.124. The normalized spacial score (nSPS) is 28.6. The fourth-order valence-electron chi connectivity index (χ4n) is 2.64. The van der Waals surface area contributed by atoms with Gasteiger partial charge in [0.1, 0.15) is 5.84 Å². The SMILES string of the molecule is NC(CC(=O)N1CCC2NC(=O)CCC2C1)=NO. The number of likely N-dealkylation sites (tertiary alicyclic amines) is 1. The molecule has 0 aromatic rings. The van der Waals surface area contributed by atoms with Gasteiger partial charge in [-0.25, -0.2) is 0 Å². The lowest BCUT2D eigenvalue weighted by Gasteiger charge is -2.41. The van der Waals surface area contributed by atoms with Crippen LogP contribution in [0.4, 0.5) is 0 Å². The first-order chi connectivity index (χ1) is 8.60. The van der Waals surface area contributed by atoms with E-state index in [0.29, 0.717) is 25.4 Å². The molecule has 0 aromatic heterocycles. The highest BCUT2D eigenvalue weighted by molar-refractivity contribution is 5.98. The van der Waals surface area contributed by atoms with Gasteiger partial charge in [0, 0.05) is 25.6 Å². The lowest BCUT2D eigenvalue weighted by Crippen LogP contribution is -2.55. The molecule has 100 valence electrons. The maximum atomic E-state index is 11.9. The number of carbonyl (C=O) groups excluding carboxylic acids is 2. The van der Waals surface area contributed by atoms with Crippen LogP contribution in [-0.4, -0.2) is 46.9 Å². The van der Waals surface area contributed by atoms with E-state index in [1.54, 1.807) is 4.90 Å². The predicted octanol–water partition coefficient (Wildman–Crippen LogP) is -0.750. The van der Waals surface area contributed by atoms with E-state index in [9.17, 15) is 9.59 Å². The molecule has 0 spiro atoms. The zero-order valence-electron chi connectivity index (χ0n) is 10.1. The number of nitrogens with one attached hydrogen (secondary N) is 1. The Labute approximate surface area is 105 Å². The maximum absolute atomic E-state index is 11.9. The summed E-state index contributed by atoms with van der Waals surface area (Å²) in [6.07, 6.45) is 2.08. The van der Waals surface area contributed by atoms with Gasteiger partial charge in [-0.2, -0.15) is 0 Å². The van der Waals surface area contributed by atoms with Crippen molar-refractivity contribution in [3.8, 4) is 0 Å². The molecule has 0 radical (unpaired) electrons. The number of hydrogen-bond acceptors (Lipinski definition) is 4. The number of amides is 2. The zero-order chi connectivity index (χ0) is 13.1. The molecule has 0 aliphatic carbocycles. The van der Waals surface area contributed by atoms with E-state index in [-0.39, 0.29) is 30.1 Å². The second-order valence-electron chi connectivity index (χ2n) is 4.87. The van der Waals surface area contributed by atoms with Crippen LogP contribution in [0.15, 0.2) is 5.16 Å². The third kappa shape index (κ3) is 2.72. The van der Waals surface area contributed by atoms with Crippen LogP contribution in [0.25, 0.3) is 0 Å². The number of carbonyl (C=O) groups is 2. The summed E-state index contributed by atoms with van der Waals surface area (Å²) in [4.78, 5) is 24.9. The molecule has 0 aromatic carbocycles.